The summed E-state index contributed by atoms with van der Waals surface area (Å²) >= 11 is 0. The molecule has 0 fully saturated rings. The van der Waals surface area contributed by atoms with Gasteiger partial charge >= 0.3 is 0 Å². The van der Waals surface area contributed by atoms with Crippen molar-refractivity contribution >= 4 is 40.1 Å². The molecular formula is C14H12ClNO2. The first-order valence-corrected chi connectivity index (χ1v) is 5.44. The summed E-state index contributed by atoms with van der Waals surface area (Å²) in [6.07, 6.45) is 0. The van der Waals surface area contributed by atoms with Gasteiger partial charge in [0.15, 0.2) is 5.78 Å². The average Bonchev–Trinajstić information content (AvgIpc) is 2.75. The summed E-state index contributed by atoms with van der Waals surface area (Å²) in [7, 11) is 0. The lowest BCUT2D eigenvalue weighted by Crippen LogP contribution is -2.13. The molecule has 0 saturated carbocycles. The van der Waals surface area contributed by atoms with Gasteiger partial charge in [-0.05, 0) is 24.3 Å². The molecule has 0 aliphatic heterocycles. The number of hydrogen-bond acceptors (Lipinski definition) is 3. The second kappa shape index (κ2) is 4.80. The van der Waals surface area contributed by atoms with Crippen LogP contribution < -0.4 is 5.73 Å². The van der Waals surface area contributed by atoms with Crippen molar-refractivity contribution in [3.05, 3.63) is 48.0 Å². The largest absolute Gasteiger partial charge is 0.456 e. The zero-order valence-corrected chi connectivity index (χ0v) is 10.4. The predicted octanol–water partition coefficient (Wildman–Crippen LogP) is 3.15. The van der Waals surface area contributed by atoms with Gasteiger partial charge in [0.05, 0.1) is 6.54 Å². The van der Waals surface area contributed by atoms with E-state index in [2.05, 4.69) is 0 Å². The molecule has 0 radical (unpaired) electrons. The van der Waals surface area contributed by atoms with Crippen LogP contribution in [0.1, 0.15) is 10.4 Å². The number of furan rings is 1. The van der Waals surface area contributed by atoms with Crippen LogP contribution in [0.25, 0.3) is 21.9 Å². The lowest BCUT2D eigenvalue weighted by Gasteiger charge is -1.97. The Balaban J connectivity index is 0.00000120. The number of para-hydroxylation sites is 1. The SMILES string of the molecule is Cl.NCC(=O)c1ccc2oc3ccccc3c2c1. The Morgan fingerprint density at radius 3 is 2.56 bits per heavy atom. The van der Waals surface area contributed by atoms with Crippen LogP contribution in [0.5, 0.6) is 0 Å². The third-order valence-electron chi connectivity index (χ3n) is 2.88. The van der Waals surface area contributed by atoms with Crippen molar-refractivity contribution in [2.75, 3.05) is 6.54 Å². The quantitative estimate of drug-likeness (QED) is 0.721. The minimum absolute atomic E-state index is 0. The average molecular weight is 262 g/mol. The van der Waals surface area contributed by atoms with Crippen LogP contribution in [0.3, 0.4) is 0 Å². The summed E-state index contributed by atoms with van der Waals surface area (Å²) in [5.41, 5.74) is 7.62. The van der Waals surface area contributed by atoms with Gasteiger partial charge in [0.2, 0.25) is 0 Å². The standard InChI is InChI=1S/C14H11NO2.ClH/c15-8-12(16)9-5-6-14-11(7-9)10-3-1-2-4-13(10)17-14;/h1-7H,8,15H2;1H. The number of halogens is 1. The first-order chi connectivity index (χ1) is 8.29. The molecule has 1 heterocycles. The fraction of sp³-hybridized carbons (Fsp3) is 0.0714. The summed E-state index contributed by atoms with van der Waals surface area (Å²) in [5.74, 6) is -0.0582. The maximum absolute atomic E-state index is 11.6. The van der Waals surface area contributed by atoms with Gasteiger partial charge in [-0.15, -0.1) is 12.4 Å². The summed E-state index contributed by atoms with van der Waals surface area (Å²) in [4.78, 5) is 11.6. The molecule has 4 heteroatoms. The molecule has 0 saturated heterocycles. The van der Waals surface area contributed by atoms with E-state index in [0.717, 1.165) is 21.9 Å². The van der Waals surface area contributed by atoms with E-state index in [9.17, 15) is 4.79 Å². The predicted molar refractivity (Wildman–Crippen MR) is 74.4 cm³/mol. The summed E-state index contributed by atoms with van der Waals surface area (Å²) in [6.45, 7) is 0.0291. The van der Waals surface area contributed by atoms with E-state index in [1.165, 1.54) is 0 Å². The molecule has 2 N–H and O–H groups in total. The third-order valence-corrected chi connectivity index (χ3v) is 2.88. The van der Waals surface area contributed by atoms with E-state index >= 15 is 0 Å². The minimum Gasteiger partial charge on any atom is -0.456 e. The Hall–Kier alpha value is -1.84. The van der Waals surface area contributed by atoms with Crippen LogP contribution in [-0.4, -0.2) is 12.3 Å². The zero-order valence-electron chi connectivity index (χ0n) is 9.55. The highest BCUT2D eigenvalue weighted by Gasteiger charge is 2.09. The molecule has 0 aliphatic rings. The molecule has 2 aromatic carbocycles. The highest BCUT2D eigenvalue weighted by atomic mass is 35.5. The van der Waals surface area contributed by atoms with Crippen LogP contribution in [0.4, 0.5) is 0 Å². The lowest BCUT2D eigenvalue weighted by molar-refractivity contribution is 0.100. The van der Waals surface area contributed by atoms with Crippen molar-refractivity contribution in [2.24, 2.45) is 5.73 Å². The lowest BCUT2D eigenvalue weighted by atomic mass is 10.1. The molecule has 0 amide bonds. The topological polar surface area (TPSA) is 56.2 Å². The van der Waals surface area contributed by atoms with Gasteiger partial charge in [-0.25, -0.2) is 0 Å². The normalized spacial score (nSPS) is 10.5. The molecule has 1 aromatic heterocycles. The molecule has 92 valence electrons. The third kappa shape index (κ3) is 1.88. The van der Waals surface area contributed by atoms with E-state index in [1.807, 2.05) is 36.4 Å². The Bertz CT molecular complexity index is 718. The molecule has 3 nitrogen and oxygen atoms in total. The van der Waals surface area contributed by atoms with Crippen molar-refractivity contribution in [2.45, 2.75) is 0 Å². The number of ketones is 1. The van der Waals surface area contributed by atoms with Crippen molar-refractivity contribution in [1.82, 2.24) is 0 Å². The van der Waals surface area contributed by atoms with Gasteiger partial charge in [0.1, 0.15) is 11.2 Å². The van der Waals surface area contributed by atoms with Crippen LogP contribution in [0.15, 0.2) is 46.9 Å². The van der Waals surface area contributed by atoms with Gasteiger partial charge in [0.25, 0.3) is 0 Å². The van der Waals surface area contributed by atoms with Crippen molar-refractivity contribution in [3.63, 3.8) is 0 Å². The molecule has 3 rings (SSSR count). The number of carbonyl (C=O) groups excluding carboxylic acids is 1. The van der Waals surface area contributed by atoms with E-state index in [0.29, 0.717) is 5.56 Å². The van der Waals surface area contributed by atoms with Gasteiger partial charge in [-0.3, -0.25) is 4.79 Å². The molecule has 0 spiro atoms. The van der Waals surface area contributed by atoms with Crippen LogP contribution in [0.2, 0.25) is 0 Å². The fourth-order valence-electron chi connectivity index (χ4n) is 2.02. The Kier molecular flexibility index (Phi) is 3.36. The number of carbonyl (C=O) groups is 1. The number of rotatable bonds is 2. The minimum atomic E-state index is -0.0582. The summed E-state index contributed by atoms with van der Waals surface area (Å²) in [6, 6.07) is 13.2. The van der Waals surface area contributed by atoms with Crippen molar-refractivity contribution in [3.8, 4) is 0 Å². The number of Topliss-reactive ketones (excluding diaryl/α,β-unsaturated/α-hetero) is 1. The van der Waals surface area contributed by atoms with Crippen molar-refractivity contribution in [1.29, 1.82) is 0 Å². The summed E-state index contributed by atoms with van der Waals surface area (Å²) < 4.78 is 5.68. The van der Waals surface area contributed by atoms with E-state index in [4.69, 9.17) is 10.2 Å². The Morgan fingerprint density at radius 2 is 1.78 bits per heavy atom. The fourth-order valence-corrected chi connectivity index (χ4v) is 2.02. The van der Waals surface area contributed by atoms with Crippen molar-refractivity contribution < 1.29 is 9.21 Å². The van der Waals surface area contributed by atoms with Gasteiger partial charge in [-0.2, -0.15) is 0 Å². The second-order valence-electron chi connectivity index (χ2n) is 3.94. The van der Waals surface area contributed by atoms with Crippen LogP contribution in [-0.2, 0) is 0 Å². The molecule has 18 heavy (non-hydrogen) atoms. The van der Waals surface area contributed by atoms with E-state index in [-0.39, 0.29) is 24.7 Å². The monoisotopic (exact) mass is 261 g/mol. The molecule has 3 aromatic rings. The highest BCUT2D eigenvalue weighted by Crippen LogP contribution is 2.29. The van der Waals surface area contributed by atoms with Gasteiger partial charge in [0, 0.05) is 16.3 Å². The van der Waals surface area contributed by atoms with Gasteiger partial charge in [-0.1, -0.05) is 18.2 Å². The van der Waals surface area contributed by atoms with Gasteiger partial charge < -0.3 is 10.2 Å². The summed E-state index contributed by atoms with van der Waals surface area (Å²) in [5, 5.41) is 1.98. The van der Waals surface area contributed by atoms with Crippen LogP contribution in [0, 0.1) is 0 Å². The molecule has 0 bridgehead atoms. The maximum Gasteiger partial charge on any atom is 0.176 e. The molecule has 0 unspecified atom stereocenters. The second-order valence-corrected chi connectivity index (χ2v) is 3.94. The molecular weight excluding hydrogens is 250 g/mol. The first kappa shape index (κ1) is 12.6. The number of benzene rings is 2. The number of nitrogens with two attached hydrogens (primary N) is 1. The first-order valence-electron chi connectivity index (χ1n) is 5.44. The maximum atomic E-state index is 11.6. The Labute approximate surface area is 110 Å². The van der Waals surface area contributed by atoms with E-state index in [1.54, 1.807) is 6.07 Å². The smallest absolute Gasteiger partial charge is 0.176 e. The number of hydrogen-bond donors (Lipinski definition) is 1. The highest BCUT2D eigenvalue weighted by molar-refractivity contribution is 6.08. The number of fused-ring (bicyclic) bond motifs is 3. The van der Waals surface area contributed by atoms with Crippen LogP contribution >= 0.6 is 12.4 Å². The zero-order chi connectivity index (χ0) is 11.8. The molecule has 0 atom stereocenters. The van der Waals surface area contributed by atoms with E-state index < -0.39 is 0 Å². The molecule has 0 aliphatic carbocycles. The Morgan fingerprint density at radius 1 is 1.06 bits per heavy atom.